The molecule has 2 aromatic heterocycles. The molecule has 0 radical (unpaired) electrons. The van der Waals surface area contributed by atoms with Crippen molar-refractivity contribution in [2.45, 2.75) is 11.8 Å². The maximum Gasteiger partial charge on any atom is 0.180 e. The second-order valence-corrected chi connectivity index (χ2v) is 5.60. The zero-order chi connectivity index (χ0) is 12.6. The first-order valence-electron chi connectivity index (χ1n) is 4.74. The molecule has 0 aliphatic carbocycles. The van der Waals surface area contributed by atoms with E-state index in [4.69, 9.17) is 5.73 Å². The topological polar surface area (TPSA) is 104 Å². The average molecular weight is 253 g/mol. The Hall–Kier alpha value is -1.96. The smallest absolute Gasteiger partial charge is 0.180 e. The molecule has 0 amide bonds. The Balaban J connectivity index is 2.55. The average Bonchev–Trinajstić information content (AvgIpc) is 2.61. The molecule has 0 aliphatic heterocycles. The first-order chi connectivity index (χ1) is 7.89. The summed E-state index contributed by atoms with van der Waals surface area (Å²) in [6.07, 6.45) is 2.28. The fourth-order valence-electron chi connectivity index (χ4n) is 1.32. The van der Waals surface area contributed by atoms with Gasteiger partial charge in [-0.1, -0.05) is 0 Å². The van der Waals surface area contributed by atoms with Crippen molar-refractivity contribution in [1.82, 2.24) is 20.0 Å². The molecule has 7 nitrogen and oxygen atoms in total. The minimum absolute atomic E-state index is 0.0140. The first kappa shape index (κ1) is 11.5. The van der Waals surface area contributed by atoms with E-state index in [1.165, 1.54) is 10.9 Å². The molecule has 2 N–H and O–H groups in total. The predicted octanol–water partition coefficient (Wildman–Crippen LogP) is -0.0436. The van der Waals surface area contributed by atoms with Crippen molar-refractivity contribution in [2.24, 2.45) is 0 Å². The summed E-state index contributed by atoms with van der Waals surface area (Å²) in [4.78, 5) is -0.0140. The third kappa shape index (κ3) is 2.11. The number of hydrogen-bond donors (Lipinski definition) is 1. The number of nitrogen functional groups attached to an aromatic ring is 1. The van der Waals surface area contributed by atoms with Gasteiger partial charge in [-0.05, 0) is 19.1 Å². The number of anilines is 1. The quantitative estimate of drug-likeness (QED) is 0.805. The summed E-state index contributed by atoms with van der Waals surface area (Å²) < 4.78 is 24.0. The minimum Gasteiger partial charge on any atom is -0.382 e. The van der Waals surface area contributed by atoms with Crippen molar-refractivity contribution < 1.29 is 8.42 Å². The van der Waals surface area contributed by atoms with E-state index in [9.17, 15) is 8.42 Å². The van der Waals surface area contributed by atoms with Crippen LogP contribution in [0.5, 0.6) is 0 Å². The standard InChI is InChI=1S/C9H11N5O2S/c1-6-3-4-8(13-12-6)14-9(10)7(5-11-14)17(2,15)16/h3-5H,10H2,1-2H3. The van der Waals surface area contributed by atoms with Crippen molar-refractivity contribution in [1.29, 1.82) is 0 Å². The Bertz CT molecular complexity index is 645. The lowest BCUT2D eigenvalue weighted by Crippen LogP contribution is -2.07. The Kier molecular flexibility index (Phi) is 2.58. The molecule has 8 heteroatoms. The Labute approximate surface area is 98.2 Å². The third-order valence-corrected chi connectivity index (χ3v) is 3.28. The van der Waals surface area contributed by atoms with Gasteiger partial charge in [-0.2, -0.15) is 14.9 Å². The number of rotatable bonds is 2. The van der Waals surface area contributed by atoms with Crippen LogP contribution in [0.25, 0.3) is 5.82 Å². The zero-order valence-electron chi connectivity index (χ0n) is 9.32. The number of nitrogens with two attached hydrogens (primary N) is 1. The lowest BCUT2D eigenvalue weighted by molar-refractivity contribution is 0.602. The number of hydrogen-bond acceptors (Lipinski definition) is 6. The molecule has 2 heterocycles. The summed E-state index contributed by atoms with van der Waals surface area (Å²) in [5.41, 5.74) is 6.47. The van der Waals surface area contributed by atoms with Crippen LogP contribution in [0, 0.1) is 6.92 Å². The van der Waals surface area contributed by atoms with Crippen molar-refractivity contribution >= 4 is 15.7 Å². The number of aryl methyl sites for hydroxylation is 1. The van der Waals surface area contributed by atoms with Crippen molar-refractivity contribution in [3.05, 3.63) is 24.0 Å². The Morgan fingerprint density at radius 3 is 2.47 bits per heavy atom. The highest BCUT2D eigenvalue weighted by atomic mass is 32.2. The summed E-state index contributed by atoms with van der Waals surface area (Å²) >= 11 is 0. The van der Waals surface area contributed by atoms with Crippen LogP contribution in [-0.4, -0.2) is 34.7 Å². The van der Waals surface area contributed by atoms with Gasteiger partial charge in [0, 0.05) is 6.26 Å². The van der Waals surface area contributed by atoms with Gasteiger partial charge in [0.25, 0.3) is 0 Å². The molecule has 0 saturated carbocycles. The molecule has 17 heavy (non-hydrogen) atoms. The van der Waals surface area contributed by atoms with Gasteiger partial charge in [0.1, 0.15) is 10.7 Å². The lowest BCUT2D eigenvalue weighted by atomic mass is 10.4. The molecular weight excluding hydrogens is 242 g/mol. The summed E-state index contributed by atoms with van der Waals surface area (Å²) in [6.45, 7) is 1.80. The van der Waals surface area contributed by atoms with Crippen LogP contribution in [0.3, 0.4) is 0 Å². The highest BCUT2D eigenvalue weighted by Gasteiger charge is 2.18. The number of nitrogens with zero attached hydrogens (tertiary/aromatic N) is 4. The van der Waals surface area contributed by atoms with Gasteiger partial charge >= 0.3 is 0 Å². The second-order valence-electron chi connectivity index (χ2n) is 3.61. The van der Waals surface area contributed by atoms with Crippen LogP contribution in [0.4, 0.5) is 5.82 Å². The van der Waals surface area contributed by atoms with E-state index in [1.807, 2.05) is 0 Å². The van der Waals surface area contributed by atoms with E-state index in [0.29, 0.717) is 5.82 Å². The van der Waals surface area contributed by atoms with E-state index in [1.54, 1.807) is 19.1 Å². The molecule has 0 aromatic carbocycles. The molecule has 2 aromatic rings. The highest BCUT2D eigenvalue weighted by molar-refractivity contribution is 7.90. The van der Waals surface area contributed by atoms with Gasteiger partial charge in [-0.15, -0.1) is 5.10 Å². The van der Waals surface area contributed by atoms with E-state index in [-0.39, 0.29) is 10.7 Å². The summed E-state index contributed by atoms with van der Waals surface area (Å²) in [5, 5.41) is 11.6. The fraction of sp³-hybridized carbons (Fsp3) is 0.222. The summed E-state index contributed by atoms with van der Waals surface area (Å²) in [5.74, 6) is 0.411. The molecule has 0 unspecified atom stereocenters. The second kappa shape index (κ2) is 3.81. The molecule has 0 fully saturated rings. The van der Waals surface area contributed by atoms with Crippen LogP contribution < -0.4 is 5.73 Å². The van der Waals surface area contributed by atoms with Gasteiger partial charge < -0.3 is 5.73 Å². The molecule has 0 aliphatic rings. The van der Waals surface area contributed by atoms with Gasteiger partial charge in [0.05, 0.1) is 11.9 Å². The molecule has 0 saturated heterocycles. The molecular formula is C9H11N5O2S. The van der Waals surface area contributed by atoms with E-state index in [0.717, 1.165) is 11.9 Å². The SMILES string of the molecule is Cc1ccc(-n2ncc(S(C)(=O)=O)c2N)nn1. The van der Waals surface area contributed by atoms with Gasteiger partial charge in [-0.3, -0.25) is 0 Å². The van der Waals surface area contributed by atoms with Gasteiger partial charge in [0.15, 0.2) is 15.7 Å². The van der Waals surface area contributed by atoms with Crippen LogP contribution in [-0.2, 0) is 9.84 Å². The summed E-state index contributed by atoms with van der Waals surface area (Å²) in [7, 11) is -3.39. The summed E-state index contributed by atoms with van der Waals surface area (Å²) in [6, 6.07) is 3.40. The largest absolute Gasteiger partial charge is 0.382 e. The number of aromatic nitrogens is 4. The fourth-order valence-corrected chi connectivity index (χ4v) is 2.02. The first-order valence-corrected chi connectivity index (χ1v) is 6.63. The molecule has 90 valence electrons. The van der Waals surface area contributed by atoms with E-state index >= 15 is 0 Å². The van der Waals surface area contributed by atoms with Crippen molar-refractivity contribution in [3.63, 3.8) is 0 Å². The maximum absolute atomic E-state index is 11.4. The molecule has 2 rings (SSSR count). The highest BCUT2D eigenvalue weighted by Crippen LogP contribution is 2.19. The Morgan fingerprint density at radius 2 is 2.00 bits per heavy atom. The van der Waals surface area contributed by atoms with Crippen molar-refractivity contribution in [2.75, 3.05) is 12.0 Å². The van der Waals surface area contributed by atoms with Crippen LogP contribution >= 0.6 is 0 Å². The van der Waals surface area contributed by atoms with Gasteiger partial charge in [0.2, 0.25) is 0 Å². The van der Waals surface area contributed by atoms with Gasteiger partial charge in [-0.25, -0.2) is 8.42 Å². The lowest BCUT2D eigenvalue weighted by Gasteiger charge is -2.02. The normalized spacial score (nSPS) is 11.6. The van der Waals surface area contributed by atoms with Crippen LogP contribution in [0.1, 0.15) is 5.69 Å². The van der Waals surface area contributed by atoms with Crippen LogP contribution in [0.15, 0.2) is 23.2 Å². The third-order valence-electron chi connectivity index (χ3n) is 2.17. The maximum atomic E-state index is 11.4. The molecule has 0 atom stereocenters. The molecule has 0 spiro atoms. The van der Waals surface area contributed by atoms with Crippen molar-refractivity contribution in [3.8, 4) is 5.82 Å². The van der Waals surface area contributed by atoms with E-state index < -0.39 is 9.84 Å². The minimum atomic E-state index is -3.39. The predicted molar refractivity (Wildman–Crippen MR) is 61.4 cm³/mol. The Morgan fingerprint density at radius 1 is 1.29 bits per heavy atom. The number of sulfone groups is 1. The van der Waals surface area contributed by atoms with E-state index in [2.05, 4.69) is 15.3 Å². The molecule has 0 bridgehead atoms. The zero-order valence-corrected chi connectivity index (χ0v) is 10.1. The van der Waals surface area contributed by atoms with Crippen LogP contribution in [0.2, 0.25) is 0 Å². The monoisotopic (exact) mass is 253 g/mol.